The molecule has 140 valence electrons. The highest BCUT2D eigenvalue weighted by Gasteiger charge is 2.17. The molecule has 0 fully saturated rings. The van der Waals surface area contributed by atoms with Gasteiger partial charge in [0, 0.05) is 19.2 Å². The zero-order valence-corrected chi connectivity index (χ0v) is 15.5. The molecule has 1 heterocycles. The number of fused-ring (bicyclic) bond motifs is 1. The summed E-state index contributed by atoms with van der Waals surface area (Å²) in [4.78, 5) is 14.8. The summed E-state index contributed by atoms with van der Waals surface area (Å²) in [7, 11) is 0. The van der Waals surface area contributed by atoms with Crippen LogP contribution in [0.3, 0.4) is 0 Å². The number of hydrogen-bond acceptors (Lipinski definition) is 3. The number of nitrogens with zero attached hydrogens (tertiary/aromatic N) is 1. The van der Waals surface area contributed by atoms with E-state index in [1.165, 1.54) is 0 Å². The van der Waals surface area contributed by atoms with Gasteiger partial charge in [0.05, 0.1) is 0 Å². The molecule has 0 N–H and O–H groups in total. The van der Waals surface area contributed by atoms with Gasteiger partial charge in [-0.1, -0.05) is 66.7 Å². The minimum absolute atomic E-state index is 0.0367. The van der Waals surface area contributed by atoms with Crippen LogP contribution in [0.15, 0.2) is 84.9 Å². The van der Waals surface area contributed by atoms with Crippen molar-refractivity contribution in [2.75, 3.05) is 6.79 Å². The lowest BCUT2D eigenvalue weighted by molar-refractivity contribution is -0.127. The first-order valence-corrected chi connectivity index (χ1v) is 9.22. The van der Waals surface area contributed by atoms with E-state index in [2.05, 4.69) is 0 Å². The van der Waals surface area contributed by atoms with Crippen LogP contribution in [0.1, 0.15) is 16.7 Å². The monoisotopic (exact) mass is 371 g/mol. The molecule has 0 bridgehead atoms. The van der Waals surface area contributed by atoms with Crippen molar-refractivity contribution in [2.24, 2.45) is 0 Å². The Balaban J connectivity index is 1.54. The highest BCUT2D eigenvalue weighted by Crippen LogP contribution is 2.33. The molecule has 0 aromatic heterocycles. The molecule has 0 saturated carbocycles. The first kappa shape index (κ1) is 17.9. The Morgan fingerprint density at radius 1 is 0.821 bits per heavy atom. The Bertz CT molecular complexity index is 968. The first-order valence-electron chi connectivity index (χ1n) is 9.22. The smallest absolute Gasteiger partial charge is 0.247 e. The minimum Gasteiger partial charge on any atom is -0.454 e. The number of hydrogen-bond donors (Lipinski definition) is 0. The van der Waals surface area contributed by atoms with Crippen molar-refractivity contribution in [3.8, 4) is 11.5 Å². The molecule has 0 saturated heterocycles. The second-order valence-corrected chi connectivity index (χ2v) is 6.61. The highest BCUT2D eigenvalue weighted by molar-refractivity contribution is 5.91. The highest BCUT2D eigenvalue weighted by atomic mass is 16.7. The third kappa shape index (κ3) is 4.41. The summed E-state index contributed by atoms with van der Waals surface area (Å²) in [6.45, 7) is 1.27. The Kier molecular flexibility index (Phi) is 5.38. The van der Waals surface area contributed by atoms with E-state index in [1.54, 1.807) is 6.08 Å². The Labute approximate surface area is 164 Å². The number of amides is 1. The largest absolute Gasteiger partial charge is 0.454 e. The second kappa shape index (κ2) is 8.44. The van der Waals surface area contributed by atoms with Crippen LogP contribution in [0, 0.1) is 0 Å². The van der Waals surface area contributed by atoms with E-state index < -0.39 is 0 Å². The molecule has 0 aliphatic carbocycles. The van der Waals surface area contributed by atoms with Crippen LogP contribution in [0.2, 0.25) is 0 Å². The number of carbonyl (C=O) groups is 1. The molecule has 1 amide bonds. The van der Waals surface area contributed by atoms with Crippen molar-refractivity contribution in [1.82, 2.24) is 4.90 Å². The lowest BCUT2D eigenvalue weighted by Gasteiger charge is -2.22. The van der Waals surface area contributed by atoms with Crippen LogP contribution in [0.4, 0.5) is 0 Å². The molecule has 1 aliphatic rings. The van der Waals surface area contributed by atoms with Gasteiger partial charge in [0.15, 0.2) is 11.5 Å². The molecule has 1 aliphatic heterocycles. The van der Waals surface area contributed by atoms with E-state index in [9.17, 15) is 4.79 Å². The topological polar surface area (TPSA) is 38.8 Å². The molecule has 3 aromatic carbocycles. The first-order chi connectivity index (χ1) is 13.8. The molecule has 0 unspecified atom stereocenters. The van der Waals surface area contributed by atoms with Gasteiger partial charge >= 0.3 is 0 Å². The summed E-state index contributed by atoms with van der Waals surface area (Å²) in [5.74, 6) is 1.43. The predicted molar refractivity (Wildman–Crippen MR) is 109 cm³/mol. The standard InChI is InChI=1S/C24H21NO3/c26-24(14-12-19-7-3-1-4-8-19)25(16-20-9-5-2-6-10-20)17-21-11-13-22-23(15-21)28-18-27-22/h1-15H,16-18H2/b14-12+. The fourth-order valence-electron chi connectivity index (χ4n) is 3.11. The van der Waals surface area contributed by atoms with Gasteiger partial charge in [0.1, 0.15) is 0 Å². The van der Waals surface area contributed by atoms with Gasteiger partial charge in [-0.05, 0) is 34.9 Å². The summed E-state index contributed by atoms with van der Waals surface area (Å²) in [5.41, 5.74) is 3.09. The average Bonchev–Trinajstić information content (AvgIpc) is 3.21. The second-order valence-electron chi connectivity index (χ2n) is 6.61. The zero-order valence-electron chi connectivity index (χ0n) is 15.5. The molecule has 3 aromatic rings. The summed E-state index contributed by atoms with van der Waals surface area (Å²) >= 11 is 0. The van der Waals surface area contributed by atoms with Gasteiger partial charge in [-0.25, -0.2) is 0 Å². The molecule has 4 nitrogen and oxygen atoms in total. The van der Waals surface area contributed by atoms with E-state index in [-0.39, 0.29) is 12.7 Å². The number of benzene rings is 3. The summed E-state index contributed by atoms with van der Waals surface area (Å²) < 4.78 is 10.8. The maximum absolute atomic E-state index is 12.9. The summed E-state index contributed by atoms with van der Waals surface area (Å²) in [6.07, 6.45) is 3.48. The molecule has 4 rings (SSSR count). The van der Waals surface area contributed by atoms with Crippen molar-refractivity contribution in [3.63, 3.8) is 0 Å². The van der Waals surface area contributed by atoms with Gasteiger partial charge in [-0.2, -0.15) is 0 Å². The van der Waals surface area contributed by atoms with Crippen LogP contribution < -0.4 is 9.47 Å². The molecular weight excluding hydrogens is 350 g/mol. The normalized spacial score (nSPS) is 12.3. The van der Waals surface area contributed by atoms with Crippen LogP contribution >= 0.6 is 0 Å². The average molecular weight is 371 g/mol. The van der Waals surface area contributed by atoms with E-state index in [4.69, 9.17) is 9.47 Å². The fourth-order valence-corrected chi connectivity index (χ4v) is 3.11. The molecule has 0 radical (unpaired) electrons. The Morgan fingerprint density at radius 3 is 2.29 bits per heavy atom. The Hall–Kier alpha value is -3.53. The lowest BCUT2D eigenvalue weighted by atomic mass is 10.1. The summed E-state index contributed by atoms with van der Waals surface area (Å²) in [6, 6.07) is 25.6. The minimum atomic E-state index is -0.0367. The molecular formula is C24H21NO3. The van der Waals surface area contributed by atoms with Gasteiger partial charge in [0.2, 0.25) is 12.7 Å². The van der Waals surface area contributed by atoms with Gasteiger partial charge in [-0.15, -0.1) is 0 Å². The fraction of sp³-hybridized carbons (Fsp3) is 0.125. The van der Waals surface area contributed by atoms with E-state index in [0.717, 1.165) is 28.2 Å². The molecule has 28 heavy (non-hydrogen) atoms. The zero-order chi connectivity index (χ0) is 19.2. The van der Waals surface area contributed by atoms with E-state index in [0.29, 0.717) is 13.1 Å². The van der Waals surface area contributed by atoms with Crippen molar-refractivity contribution >= 4 is 12.0 Å². The number of ether oxygens (including phenoxy) is 2. The number of carbonyl (C=O) groups excluding carboxylic acids is 1. The van der Waals surface area contributed by atoms with Crippen molar-refractivity contribution in [2.45, 2.75) is 13.1 Å². The van der Waals surface area contributed by atoms with Crippen molar-refractivity contribution in [1.29, 1.82) is 0 Å². The molecule has 0 spiro atoms. The maximum atomic E-state index is 12.9. The van der Waals surface area contributed by atoms with Crippen molar-refractivity contribution < 1.29 is 14.3 Å². The molecule has 0 atom stereocenters. The predicted octanol–water partition coefficient (Wildman–Crippen LogP) is 4.66. The van der Waals surface area contributed by atoms with Crippen molar-refractivity contribution in [3.05, 3.63) is 102 Å². The van der Waals surface area contributed by atoms with Crippen LogP contribution in [-0.2, 0) is 17.9 Å². The van der Waals surface area contributed by atoms with Crippen LogP contribution in [0.25, 0.3) is 6.08 Å². The SMILES string of the molecule is O=C(/C=C/c1ccccc1)N(Cc1ccccc1)Cc1ccc2c(c1)OCO2. The van der Waals surface area contributed by atoms with Gasteiger partial charge in [-0.3, -0.25) is 4.79 Å². The molecule has 4 heteroatoms. The van der Waals surface area contributed by atoms with E-state index >= 15 is 0 Å². The van der Waals surface area contributed by atoms with Gasteiger partial charge in [0.25, 0.3) is 0 Å². The van der Waals surface area contributed by atoms with E-state index in [1.807, 2.05) is 89.8 Å². The number of rotatable bonds is 6. The Morgan fingerprint density at radius 2 is 1.50 bits per heavy atom. The quantitative estimate of drug-likeness (QED) is 0.592. The van der Waals surface area contributed by atoms with Crippen LogP contribution in [-0.4, -0.2) is 17.6 Å². The third-order valence-electron chi connectivity index (χ3n) is 4.56. The third-order valence-corrected chi connectivity index (χ3v) is 4.56. The van der Waals surface area contributed by atoms with Crippen LogP contribution in [0.5, 0.6) is 11.5 Å². The lowest BCUT2D eigenvalue weighted by Crippen LogP contribution is -2.28. The van der Waals surface area contributed by atoms with Gasteiger partial charge < -0.3 is 14.4 Å². The summed E-state index contributed by atoms with van der Waals surface area (Å²) in [5, 5.41) is 0. The maximum Gasteiger partial charge on any atom is 0.247 e.